The summed E-state index contributed by atoms with van der Waals surface area (Å²) < 4.78 is 6.09. The second-order valence-electron chi connectivity index (χ2n) is 9.04. The highest BCUT2D eigenvalue weighted by molar-refractivity contribution is 5.84. The zero-order chi connectivity index (χ0) is 22.5. The molecule has 4 aromatic rings. The van der Waals surface area contributed by atoms with Crippen molar-refractivity contribution in [3.05, 3.63) is 102 Å². The molecule has 1 N–H and O–H groups in total. The predicted octanol–water partition coefficient (Wildman–Crippen LogP) is 7.38. The molecule has 0 fully saturated rings. The number of unbranched alkanes of at least 4 members (excludes halogenated alkanes) is 1. The molecule has 1 aliphatic heterocycles. The number of aromatic nitrogens is 1. The Hall–Kier alpha value is -3.30. The summed E-state index contributed by atoms with van der Waals surface area (Å²) >= 11 is 0. The highest BCUT2D eigenvalue weighted by Gasteiger charge is 2.13. The monoisotopic (exact) mass is 436 g/mol. The number of nitrogens with zero attached hydrogens (tertiary/aromatic N) is 1. The topological polar surface area (TPSA) is 28.3 Å². The van der Waals surface area contributed by atoms with Crippen LogP contribution in [0, 0.1) is 6.92 Å². The molecule has 0 spiro atoms. The van der Waals surface area contributed by atoms with Gasteiger partial charge in [-0.2, -0.15) is 0 Å². The third-order valence-corrected chi connectivity index (χ3v) is 6.60. The Kier molecular flexibility index (Phi) is 6.59. The lowest BCUT2D eigenvalue weighted by molar-refractivity contribution is 0.295. The van der Waals surface area contributed by atoms with E-state index in [-0.39, 0.29) is 0 Å². The van der Waals surface area contributed by atoms with Crippen molar-refractivity contribution in [2.24, 2.45) is 0 Å². The van der Waals surface area contributed by atoms with Gasteiger partial charge < -0.3 is 9.72 Å². The average Bonchev–Trinajstić information content (AvgIpc) is 3.26. The second-order valence-corrected chi connectivity index (χ2v) is 9.04. The van der Waals surface area contributed by atoms with Gasteiger partial charge in [-0.15, -0.1) is 0 Å². The number of H-pyrrole nitrogens is 1. The van der Waals surface area contributed by atoms with E-state index < -0.39 is 0 Å². The zero-order valence-electron chi connectivity index (χ0n) is 19.4. The molecule has 1 aliphatic rings. The Balaban J connectivity index is 1.13. The Morgan fingerprint density at radius 1 is 0.909 bits per heavy atom. The highest BCUT2D eigenvalue weighted by Crippen LogP contribution is 2.28. The Labute approximate surface area is 196 Å². The van der Waals surface area contributed by atoms with Crippen molar-refractivity contribution in [3.8, 4) is 11.5 Å². The van der Waals surface area contributed by atoms with Crippen molar-refractivity contribution < 1.29 is 4.74 Å². The van der Waals surface area contributed by atoms with Gasteiger partial charge in [-0.3, -0.25) is 4.90 Å². The maximum absolute atomic E-state index is 6.09. The Morgan fingerprint density at radius 2 is 1.73 bits per heavy atom. The fraction of sp³-hybridized carbons (Fsp3) is 0.267. The van der Waals surface area contributed by atoms with E-state index in [0.717, 1.165) is 37.4 Å². The molecule has 5 rings (SSSR count). The normalized spacial score (nSPS) is 14.4. The fourth-order valence-corrected chi connectivity index (χ4v) is 4.65. The number of fused-ring (bicyclic) bond motifs is 1. The van der Waals surface area contributed by atoms with E-state index in [4.69, 9.17) is 4.74 Å². The van der Waals surface area contributed by atoms with Crippen LogP contribution < -0.4 is 4.74 Å². The van der Waals surface area contributed by atoms with Crippen LogP contribution in [0.5, 0.6) is 11.5 Å². The standard InChI is InChI=1S/C30H32N2O/c1-23-10-12-27(13-11-23)33-28-14-15-30-29(21-28)26(22-31-30)9-5-6-18-32-19-16-25(17-20-32)24-7-3-2-4-8-24/h2-4,7-8,10-16,21-22,31H,5-6,9,17-20H2,1H3. The van der Waals surface area contributed by atoms with Crippen LogP contribution in [0.4, 0.5) is 0 Å². The van der Waals surface area contributed by atoms with Gasteiger partial charge in [-0.1, -0.05) is 54.1 Å². The number of aromatic amines is 1. The summed E-state index contributed by atoms with van der Waals surface area (Å²) in [6, 6.07) is 25.3. The van der Waals surface area contributed by atoms with Crippen molar-refractivity contribution in [1.29, 1.82) is 0 Å². The lowest BCUT2D eigenvalue weighted by Gasteiger charge is -2.26. The first-order valence-electron chi connectivity index (χ1n) is 12.1. The largest absolute Gasteiger partial charge is 0.457 e. The van der Waals surface area contributed by atoms with Crippen LogP contribution in [0.1, 0.15) is 36.0 Å². The number of rotatable bonds is 8. The molecular weight excluding hydrogens is 404 g/mol. The maximum Gasteiger partial charge on any atom is 0.128 e. The molecule has 0 bridgehead atoms. The molecule has 0 saturated carbocycles. The molecule has 0 unspecified atom stereocenters. The summed E-state index contributed by atoms with van der Waals surface area (Å²) in [5.41, 5.74) is 6.67. The van der Waals surface area contributed by atoms with Gasteiger partial charge in [0.15, 0.2) is 0 Å². The minimum Gasteiger partial charge on any atom is -0.457 e. The predicted molar refractivity (Wildman–Crippen MR) is 138 cm³/mol. The molecule has 168 valence electrons. The van der Waals surface area contributed by atoms with Crippen molar-refractivity contribution in [2.75, 3.05) is 19.6 Å². The zero-order valence-corrected chi connectivity index (χ0v) is 19.4. The molecule has 2 heterocycles. The van der Waals surface area contributed by atoms with E-state index in [9.17, 15) is 0 Å². The molecular formula is C30H32N2O. The van der Waals surface area contributed by atoms with Crippen LogP contribution in [0.15, 0.2) is 85.1 Å². The van der Waals surface area contributed by atoms with Gasteiger partial charge in [0.2, 0.25) is 0 Å². The van der Waals surface area contributed by atoms with E-state index in [1.165, 1.54) is 52.6 Å². The molecule has 3 aromatic carbocycles. The van der Waals surface area contributed by atoms with Crippen LogP contribution in [0.2, 0.25) is 0 Å². The summed E-state index contributed by atoms with van der Waals surface area (Å²) in [6.07, 6.45) is 9.23. The van der Waals surface area contributed by atoms with Crippen LogP contribution in [-0.4, -0.2) is 29.5 Å². The molecule has 0 atom stereocenters. The summed E-state index contributed by atoms with van der Waals surface area (Å²) in [5.74, 6) is 1.77. The molecule has 0 aliphatic carbocycles. The second kappa shape index (κ2) is 10.1. The quantitative estimate of drug-likeness (QED) is 0.292. The SMILES string of the molecule is Cc1ccc(Oc2ccc3[nH]cc(CCCCN4CC=C(c5ccccc5)CC4)c3c2)cc1. The van der Waals surface area contributed by atoms with E-state index in [1.54, 1.807) is 0 Å². The molecule has 0 amide bonds. The number of hydrogen-bond acceptors (Lipinski definition) is 2. The van der Waals surface area contributed by atoms with E-state index >= 15 is 0 Å². The minimum atomic E-state index is 0.878. The number of benzene rings is 3. The van der Waals surface area contributed by atoms with Crippen LogP contribution in [-0.2, 0) is 6.42 Å². The highest BCUT2D eigenvalue weighted by atomic mass is 16.5. The molecule has 0 radical (unpaired) electrons. The van der Waals surface area contributed by atoms with Gasteiger partial charge >= 0.3 is 0 Å². The smallest absolute Gasteiger partial charge is 0.128 e. The van der Waals surface area contributed by atoms with Crippen molar-refractivity contribution in [2.45, 2.75) is 32.6 Å². The van der Waals surface area contributed by atoms with Gasteiger partial charge in [-0.25, -0.2) is 0 Å². The van der Waals surface area contributed by atoms with E-state index in [2.05, 4.69) is 83.7 Å². The van der Waals surface area contributed by atoms with Gasteiger partial charge in [0.25, 0.3) is 0 Å². The van der Waals surface area contributed by atoms with Crippen molar-refractivity contribution >= 4 is 16.5 Å². The molecule has 3 heteroatoms. The van der Waals surface area contributed by atoms with Crippen LogP contribution in [0.3, 0.4) is 0 Å². The van der Waals surface area contributed by atoms with Crippen molar-refractivity contribution in [1.82, 2.24) is 9.88 Å². The van der Waals surface area contributed by atoms with E-state index in [1.807, 2.05) is 18.2 Å². The first-order valence-corrected chi connectivity index (χ1v) is 12.1. The molecule has 3 nitrogen and oxygen atoms in total. The van der Waals surface area contributed by atoms with Crippen molar-refractivity contribution in [3.63, 3.8) is 0 Å². The average molecular weight is 437 g/mol. The maximum atomic E-state index is 6.09. The fourth-order valence-electron chi connectivity index (χ4n) is 4.65. The van der Waals surface area contributed by atoms with Gasteiger partial charge in [0.1, 0.15) is 11.5 Å². The van der Waals surface area contributed by atoms with Crippen LogP contribution in [0.25, 0.3) is 16.5 Å². The number of ether oxygens (including phenoxy) is 1. The summed E-state index contributed by atoms with van der Waals surface area (Å²) in [4.78, 5) is 6.00. The van der Waals surface area contributed by atoms with Crippen LogP contribution >= 0.6 is 0 Å². The Bertz CT molecular complexity index is 1220. The summed E-state index contributed by atoms with van der Waals surface area (Å²) in [6.45, 7) is 5.49. The first kappa shape index (κ1) is 21.5. The summed E-state index contributed by atoms with van der Waals surface area (Å²) in [7, 11) is 0. The van der Waals surface area contributed by atoms with Gasteiger partial charge in [-0.05, 0) is 86.2 Å². The number of hydrogen-bond donors (Lipinski definition) is 1. The third-order valence-electron chi connectivity index (χ3n) is 6.60. The Morgan fingerprint density at radius 3 is 2.52 bits per heavy atom. The van der Waals surface area contributed by atoms with E-state index in [0.29, 0.717) is 0 Å². The minimum absolute atomic E-state index is 0.878. The number of nitrogens with one attached hydrogen (secondary N) is 1. The third kappa shape index (κ3) is 5.37. The summed E-state index contributed by atoms with van der Waals surface area (Å²) in [5, 5.41) is 1.27. The van der Waals surface area contributed by atoms with Gasteiger partial charge in [0.05, 0.1) is 0 Å². The lowest BCUT2D eigenvalue weighted by atomic mass is 9.99. The molecule has 33 heavy (non-hydrogen) atoms. The number of aryl methyl sites for hydroxylation is 2. The molecule has 1 aromatic heterocycles. The molecule has 0 saturated heterocycles. The lowest BCUT2D eigenvalue weighted by Crippen LogP contribution is -2.29. The first-order chi connectivity index (χ1) is 16.2. The van der Waals surface area contributed by atoms with Gasteiger partial charge in [0, 0.05) is 30.2 Å².